The van der Waals surface area contributed by atoms with Crippen LogP contribution in [0.5, 0.6) is 0 Å². The minimum absolute atomic E-state index is 0.238. The molecule has 0 N–H and O–H groups in total. The molecule has 1 saturated heterocycles. The molecule has 0 spiro atoms. The Labute approximate surface area is 160 Å². The third-order valence-corrected chi connectivity index (χ3v) is 4.68. The zero-order valence-corrected chi connectivity index (χ0v) is 15.0. The number of esters is 1. The molecule has 0 bridgehead atoms. The van der Waals surface area contributed by atoms with Gasteiger partial charge in [0.1, 0.15) is 12.1 Å². The van der Waals surface area contributed by atoms with Gasteiger partial charge in [0.25, 0.3) is 5.91 Å². The molecule has 0 unspecified atom stereocenters. The van der Waals surface area contributed by atoms with Crippen molar-refractivity contribution in [3.8, 4) is 0 Å². The summed E-state index contributed by atoms with van der Waals surface area (Å²) in [7, 11) is 0. The topological polar surface area (TPSA) is 80.0 Å². The highest BCUT2D eigenvalue weighted by Crippen LogP contribution is 2.17. The predicted molar refractivity (Wildman–Crippen MR) is 98.5 cm³/mol. The number of aromatic nitrogens is 3. The number of hydrogen-bond acceptors (Lipinski definition) is 6. The van der Waals surface area contributed by atoms with Crippen LogP contribution in [-0.4, -0.2) is 64.2 Å². The van der Waals surface area contributed by atoms with Gasteiger partial charge in [-0.25, -0.2) is 9.18 Å². The molecule has 1 aliphatic rings. The molecule has 4 rings (SSSR count). The van der Waals surface area contributed by atoms with E-state index in [0.717, 1.165) is 5.69 Å². The molecule has 1 aliphatic heterocycles. The van der Waals surface area contributed by atoms with Gasteiger partial charge in [-0.15, -0.1) is 10.2 Å². The Morgan fingerprint density at radius 1 is 1.04 bits per heavy atom. The van der Waals surface area contributed by atoms with E-state index in [2.05, 4.69) is 15.1 Å². The second-order valence-electron chi connectivity index (χ2n) is 6.43. The molecule has 0 radical (unpaired) electrons. The third-order valence-electron chi connectivity index (χ3n) is 4.68. The number of fused-ring (bicyclic) bond motifs is 1. The molecule has 3 aromatic rings. The first-order valence-corrected chi connectivity index (χ1v) is 8.85. The predicted octanol–water partition coefficient (Wildman–Crippen LogP) is 1.37. The molecule has 0 aliphatic carbocycles. The van der Waals surface area contributed by atoms with E-state index in [-0.39, 0.29) is 18.3 Å². The molecule has 3 heterocycles. The lowest BCUT2D eigenvalue weighted by Gasteiger charge is -2.36. The van der Waals surface area contributed by atoms with Crippen molar-refractivity contribution in [3.63, 3.8) is 0 Å². The van der Waals surface area contributed by atoms with Crippen LogP contribution in [0.2, 0.25) is 0 Å². The third kappa shape index (κ3) is 3.78. The number of benzene rings is 1. The maximum Gasteiger partial charge on any atom is 0.340 e. The minimum Gasteiger partial charge on any atom is -0.452 e. The summed E-state index contributed by atoms with van der Waals surface area (Å²) in [5.41, 5.74) is 1.86. The summed E-state index contributed by atoms with van der Waals surface area (Å²) in [5, 5.41) is 7.61. The van der Waals surface area contributed by atoms with Crippen molar-refractivity contribution >= 4 is 23.2 Å². The average Bonchev–Trinajstić information content (AvgIpc) is 3.20. The molecule has 1 amide bonds. The van der Waals surface area contributed by atoms with Crippen molar-refractivity contribution in [2.75, 3.05) is 37.7 Å². The fraction of sp³-hybridized carbons (Fsp3) is 0.263. The summed E-state index contributed by atoms with van der Waals surface area (Å²) in [6.07, 6.45) is 3.04. The number of carbonyl (C=O) groups excluding carboxylic acids is 2. The summed E-state index contributed by atoms with van der Waals surface area (Å²) in [5.74, 6) is -1.09. The molecule has 28 heavy (non-hydrogen) atoms. The maximum atomic E-state index is 13.0. The number of rotatable bonds is 4. The maximum absolute atomic E-state index is 13.0. The number of hydrogen-bond donors (Lipinski definition) is 0. The van der Waals surface area contributed by atoms with Gasteiger partial charge in [0.05, 0.1) is 5.56 Å². The van der Waals surface area contributed by atoms with E-state index in [1.807, 2.05) is 0 Å². The van der Waals surface area contributed by atoms with Gasteiger partial charge in [0, 0.05) is 38.1 Å². The van der Waals surface area contributed by atoms with Crippen LogP contribution in [0.4, 0.5) is 10.1 Å². The number of piperazine rings is 1. The first-order valence-electron chi connectivity index (χ1n) is 8.85. The summed E-state index contributed by atoms with van der Waals surface area (Å²) in [6.45, 7) is 1.99. The highest BCUT2D eigenvalue weighted by Gasteiger charge is 2.22. The quantitative estimate of drug-likeness (QED) is 0.633. The largest absolute Gasteiger partial charge is 0.452 e. The summed E-state index contributed by atoms with van der Waals surface area (Å²) in [4.78, 5) is 28.3. The summed E-state index contributed by atoms with van der Waals surface area (Å²) in [6, 6.07) is 9.52. The Bertz CT molecular complexity index is 996. The number of halogens is 1. The molecular formula is C19H18FN5O3. The zero-order valence-electron chi connectivity index (χ0n) is 15.0. The second-order valence-corrected chi connectivity index (χ2v) is 6.43. The fourth-order valence-electron chi connectivity index (χ4n) is 3.12. The van der Waals surface area contributed by atoms with Gasteiger partial charge in [-0.3, -0.25) is 9.20 Å². The van der Waals surface area contributed by atoms with Crippen molar-refractivity contribution in [2.45, 2.75) is 0 Å². The average molecular weight is 383 g/mol. The van der Waals surface area contributed by atoms with Crippen LogP contribution in [-0.2, 0) is 9.53 Å². The fourth-order valence-corrected chi connectivity index (χ4v) is 3.12. The number of pyridine rings is 1. The Balaban J connectivity index is 1.28. The van der Waals surface area contributed by atoms with E-state index in [0.29, 0.717) is 37.4 Å². The van der Waals surface area contributed by atoms with Gasteiger partial charge in [-0.2, -0.15) is 0 Å². The number of nitrogens with zero attached hydrogens (tertiary/aromatic N) is 5. The van der Waals surface area contributed by atoms with Crippen LogP contribution in [0.3, 0.4) is 0 Å². The molecule has 9 heteroatoms. The molecule has 0 atom stereocenters. The molecule has 144 valence electrons. The van der Waals surface area contributed by atoms with E-state index in [9.17, 15) is 14.0 Å². The van der Waals surface area contributed by atoms with Crippen molar-refractivity contribution in [2.24, 2.45) is 0 Å². The van der Waals surface area contributed by atoms with Crippen LogP contribution in [0.1, 0.15) is 10.4 Å². The number of carbonyl (C=O) groups is 2. The van der Waals surface area contributed by atoms with Gasteiger partial charge < -0.3 is 14.5 Å². The number of anilines is 1. The minimum atomic E-state index is -0.575. The van der Waals surface area contributed by atoms with Crippen molar-refractivity contribution < 1.29 is 18.7 Å². The lowest BCUT2D eigenvalue weighted by Crippen LogP contribution is -2.49. The van der Waals surface area contributed by atoms with E-state index < -0.39 is 5.97 Å². The second kappa shape index (κ2) is 7.63. The Morgan fingerprint density at radius 2 is 1.79 bits per heavy atom. The van der Waals surface area contributed by atoms with E-state index >= 15 is 0 Å². The summed E-state index contributed by atoms with van der Waals surface area (Å²) >= 11 is 0. The Hall–Kier alpha value is -3.49. The SMILES string of the molecule is O=C(OCC(=O)N1CCN(c2ccc(F)cc2)CC1)c1ccc2nncn2c1. The molecule has 8 nitrogen and oxygen atoms in total. The smallest absolute Gasteiger partial charge is 0.340 e. The van der Waals surface area contributed by atoms with Crippen LogP contribution < -0.4 is 4.90 Å². The lowest BCUT2D eigenvalue weighted by molar-refractivity contribution is -0.134. The van der Waals surface area contributed by atoms with Crippen LogP contribution >= 0.6 is 0 Å². The first-order chi connectivity index (χ1) is 13.6. The van der Waals surface area contributed by atoms with E-state index in [1.165, 1.54) is 18.5 Å². The van der Waals surface area contributed by atoms with Crippen LogP contribution in [0.25, 0.3) is 5.65 Å². The van der Waals surface area contributed by atoms with Crippen LogP contribution in [0, 0.1) is 5.82 Å². The highest BCUT2D eigenvalue weighted by molar-refractivity contribution is 5.91. The number of ether oxygens (including phenoxy) is 1. The van der Waals surface area contributed by atoms with Gasteiger partial charge >= 0.3 is 5.97 Å². The monoisotopic (exact) mass is 383 g/mol. The van der Waals surface area contributed by atoms with E-state index in [1.54, 1.807) is 39.8 Å². The molecule has 0 saturated carbocycles. The zero-order chi connectivity index (χ0) is 19.5. The van der Waals surface area contributed by atoms with E-state index in [4.69, 9.17) is 4.74 Å². The van der Waals surface area contributed by atoms with Crippen molar-refractivity contribution in [1.82, 2.24) is 19.5 Å². The molecular weight excluding hydrogens is 365 g/mol. The van der Waals surface area contributed by atoms with Gasteiger partial charge in [-0.05, 0) is 36.4 Å². The van der Waals surface area contributed by atoms with Crippen LogP contribution in [0.15, 0.2) is 48.9 Å². The summed E-state index contributed by atoms with van der Waals surface area (Å²) < 4.78 is 19.8. The first kappa shape index (κ1) is 17.9. The molecule has 2 aromatic heterocycles. The van der Waals surface area contributed by atoms with Gasteiger partial charge in [-0.1, -0.05) is 0 Å². The Kier molecular flexibility index (Phi) is 4.88. The standard InChI is InChI=1S/C19H18FN5O3/c20-15-2-4-16(5-3-15)23-7-9-24(10-8-23)18(26)12-28-19(27)14-1-6-17-22-21-13-25(17)11-14/h1-6,11,13H,7-10,12H2. The van der Waals surface area contributed by atoms with Crippen molar-refractivity contribution in [3.05, 3.63) is 60.3 Å². The van der Waals surface area contributed by atoms with Gasteiger partial charge in [0.2, 0.25) is 0 Å². The number of amides is 1. The normalized spacial score (nSPS) is 14.3. The lowest BCUT2D eigenvalue weighted by atomic mass is 10.2. The highest BCUT2D eigenvalue weighted by atomic mass is 19.1. The molecule has 1 fully saturated rings. The van der Waals surface area contributed by atoms with Crippen molar-refractivity contribution in [1.29, 1.82) is 0 Å². The van der Waals surface area contributed by atoms with Gasteiger partial charge in [0.15, 0.2) is 12.3 Å². The Morgan fingerprint density at radius 3 is 2.54 bits per heavy atom. The molecule has 1 aromatic carbocycles.